The molecule has 0 aliphatic heterocycles. The minimum Gasteiger partial charge on any atom is -0.497 e. The Labute approximate surface area is 138 Å². The van der Waals surface area contributed by atoms with Crippen LogP contribution in [0, 0.1) is 10.1 Å². The maximum absolute atomic E-state index is 11.0. The van der Waals surface area contributed by atoms with Crippen LogP contribution in [0.5, 0.6) is 5.75 Å². The number of nitro groups is 1. The maximum atomic E-state index is 11.0. The fraction of sp³-hybridized carbons (Fsp3) is 0.118. The molecule has 0 aliphatic carbocycles. The number of benzene rings is 2. The van der Waals surface area contributed by atoms with Crippen molar-refractivity contribution in [2.45, 2.75) is 6.54 Å². The molecule has 0 atom stereocenters. The van der Waals surface area contributed by atoms with Gasteiger partial charge in [-0.2, -0.15) is 5.10 Å². The summed E-state index contributed by atoms with van der Waals surface area (Å²) in [4.78, 5) is 10.6. The molecule has 0 fully saturated rings. The number of rotatable bonds is 5. The van der Waals surface area contributed by atoms with E-state index in [2.05, 4.69) is 5.10 Å². The zero-order chi connectivity index (χ0) is 17.1. The van der Waals surface area contributed by atoms with Crippen molar-refractivity contribution in [3.8, 4) is 22.7 Å². The summed E-state index contributed by atoms with van der Waals surface area (Å²) in [5, 5.41) is 15.5. The first-order valence-corrected chi connectivity index (χ1v) is 7.30. The van der Waals surface area contributed by atoms with E-state index in [1.807, 2.05) is 30.3 Å². The van der Waals surface area contributed by atoms with E-state index in [0.29, 0.717) is 17.0 Å². The molecule has 1 heterocycles. The third-order valence-corrected chi connectivity index (χ3v) is 3.62. The average Bonchev–Trinajstić information content (AvgIpc) is 3.06. The Kier molecular flexibility index (Phi) is 4.26. The SMILES string of the molecule is COc1cccc(-n2nc(CN)cc2-c2cccc([N+](=O)[O-])c2)c1. The molecule has 0 saturated heterocycles. The maximum Gasteiger partial charge on any atom is 0.270 e. The number of non-ortho nitro benzene ring substituents is 1. The molecule has 24 heavy (non-hydrogen) atoms. The lowest BCUT2D eigenvalue weighted by Gasteiger charge is -2.09. The van der Waals surface area contributed by atoms with Crippen LogP contribution in [0.2, 0.25) is 0 Å². The Morgan fingerprint density at radius 1 is 1.21 bits per heavy atom. The summed E-state index contributed by atoms with van der Waals surface area (Å²) in [6.45, 7) is 0.277. The molecule has 7 heteroatoms. The second-order valence-electron chi connectivity index (χ2n) is 5.15. The summed E-state index contributed by atoms with van der Waals surface area (Å²) in [7, 11) is 1.59. The molecule has 0 bridgehead atoms. The molecule has 3 rings (SSSR count). The lowest BCUT2D eigenvalue weighted by Crippen LogP contribution is -2.02. The second-order valence-corrected chi connectivity index (χ2v) is 5.15. The normalized spacial score (nSPS) is 10.6. The van der Waals surface area contributed by atoms with Crippen LogP contribution in [0.4, 0.5) is 5.69 Å². The highest BCUT2D eigenvalue weighted by molar-refractivity contribution is 5.65. The highest BCUT2D eigenvalue weighted by Gasteiger charge is 2.14. The van der Waals surface area contributed by atoms with E-state index in [4.69, 9.17) is 10.5 Å². The lowest BCUT2D eigenvalue weighted by molar-refractivity contribution is -0.384. The zero-order valence-corrected chi connectivity index (χ0v) is 13.0. The lowest BCUT2D eigenvalue weighted by atomic mass is 10.1. The van der Waals surface area contributed by atoms with Crippen LogP contribution >= 0.6 is 0 Å². The van der Waals surface area contributed by atoms with Gasteiger partial charge in [0.25, 0.3) is 5.69 Å². The number of ether oxygens (including phenoxy) is 1. The molecule has 2 aromatic carbocycles. The highest BCUT2D eigenvalue weighted by Crippen LogP contribution is 2.28. The van der Waals surface area contributed by atoms with Gasteiger partial charge in [0.2, 0.25) is 0 Å². The first kappa shape index (κ1) is 15.7. The van der Waals surface area contributed by atoms with Gasteiger partial charge in [-0.1, -0.05) is 18.2 Å². The Morgan fingerprint density at radius 2 is 2.00 bits per heavy atom. The number of hydrogen-bond donors (Lipinski definition) is 1. The van der Waals surface area contributed by atoms with Crippen molar-refractivity contribution in [1.82, 2.24) is 9.78 Å². The molecule has 0 spiro atoms. The minimum atomic E-state index is -0.417. The fourth-order valence-corrected chi connectivity index (χ4v) is 2.45. The third kappa shape index (κ3) is 2.97. The number of methoxy groups -OCH3 is 1. The van der Waals surface area contributed by atoms with Crippen molar-refractivity contribution in [2.24, 2.45) is 5.73 Å². The first-order chi connectivity index (χ1) is 11.6. The summed E-state index contributed by atoms with van der Waals surface area (Å²) >= 11 is 0. The topological polar surface area (TPSA) is 96.2 Å². The van der Waals surface area contributed by atoms with Gasteiger partial charge in [0, 0.05) is 30.3 Å². The quantitative estimate of drug-likeness (QED) is 0.575. The summed E-state index contributed by atoms with van der Waals surface area (Å²) in [6, 6.07) is 15.7. The van der Waals surface area contributed by atoms with Crippen molar-refractivity contribution in [1.29, 1.82) is 0 Å². The molecule has 3 aromatic rings. The highest BCUT2D eigenvalue weighted by atomic mass is 16.6. The van der Waals surface area contributed by atoms with E-state index in [1.165, 1.54) is 12.1 Å². The van der Waals surface area contributed by atoms with Crippen molar-refractivity contribution in [2.75, 3.05) is 7.11 Å². The Balaban J connectivity index is 2.16. The van der Waals surface area contributed by atoms with E-state index < -0.39 is 4.92 Å². The van der Waals surface area contributed by atoms with E-state index in [1.54, 1.807) is 23.9 Å². The number of nitrogens with zero attached hydrogens (tertiary/aromatic N) is 3. The van der Waals surface area contributed by atoms with E-state index in [9.17, 15) is 10.1 Å². The summed E-state index contributed by atoms with van der Waals surface area (Å²) in [5.74, 6) is 0.697. The van der Waals surface area contributed by atoms with Gasteiger partial charge in [0.1, 0.15) is 5.75 Å². The number of nitrogens with two attached hydrogens (primary N) is 1. The molecule has 2 N–H and O–H groups in total. The molecule has 0 radical (unpaired) electrons. The Bertz CT molecular complexity index is 889. The van der Waals surface area contributed by atoms with Gasteiger partial charge in [-0.3, -0.25) is 10.1 Å². The van der Waals surface area contributed by atoms with Gasteiger partial charge in [0.15, 0.2) is 0 Å². The van der Waals surface area contributed by atoms with Crippen LogP contribution in [0.15, 0.2) is 54.6 Å². The molecule has 0 aliphatic rings. The van der Waals surface area contributed by atoms with Crippen molar-refractivity contribution >= 4 is 5.69 Å². The number of nitro benzene ring substituents is 1. The van der Waals surface area contributed by atoms with Crippen molar-refractivity contribution in [3.63, 3.8) is 0 Å². The first-order valence-electron chi connectivity index (χ1n) is 7.30. The van der Waals surface area contributed by atoms with Gasteiger partial charge >= 0.3 is 0 Å². The monoisotopic (exact) mass is 324 g/mol. The van der Waals surface area contributed by atoms with Crippen LogP contribution in [-0.4, -0.2) is 21.8 Å². The smallest absolute Gasteiger partial charge is 0.270 e. The third-order valence-electron chi connectivity index (χ3n) is 3.62. The largest absolute Gasteiger partial charge is 0.497 e. The Morgan fingerprint density at radius 3 is 2.71 bits per heavy atom. The standard InChI is InChI=1S/C17H16N4O3/c1-24-16-7-3-5-14(10-16)20-17(9-13(11-18)19-20)12-4-2-6-15(8-12)21(22)23/h2-10H,11,18H2,1H3. The van der Waals surface area contributed by atoms with E-state index in [0.717, 1.165) is 11.4 Å². The van der Waals surface area contributed by atoms with Crippen LogP contribution in [0.25, 0.3) is 16.9 Å². The molecule has 122 valence electrons. The van der Waals surface area contributed by atoms with Crippen molar-refractivity contribution < 1.29 is 9.66 Å². The van der Waals surface area contributed by atoms with Gasteiger partial charge in [-0.05, 0) is 18.2 Å². The Hall–Kier alpha value is -3.19. The molecule has 7 nitrogen and oxygen atoms in total. The predicted molar refractivity (Wildman–Crippen MR) is 90.1 cm³/mol. The number of aromatic nitrogens is 2. The molecule has 1 aromatic heterocycles. The summed E-state index contributed by atoms with van der Waals surface area (Å²) in [5.41, 5.74) is 8.65. The fourth-order valence-electron chi connectivity index (χ4n) is 2.45. The molecule has 0 unspecified atom stereocenters. The molecular formula is C17H16N4O3. The molecule has 0 saturated carbocycles. The van der Waals surface area contributed by atoms with Gasteiger partial charge < -0.3 is 10.5 Å². The predicted octanol–water partition coefficient (Wildman–Crippen LogP) is 2.91. The van der Waals surface area contributed by atoms with E-state index >= 15 is 0 Å². The summed E-state index contributed by atoms with van der Waals surface area (Å²) < 4.78 is 6.96. The van der Waals surface area contributed by atoms with E-state index in [-0.39, 0.29) is 12.2 Å². The molecular weight excluding hydrogens is 308 g/mol. The zero-order valence-electron chi connectivity index (χ0n) is 13.0. The summed E-state index contributed by atoms with van der Waals surface area (Å²) in [6.07, 6.45) is 0. The number of hydrogen-bond acceptors (Lipinski definition) is 5. The van der Waals surface area contributed by atoms with Crippen molar-refractivity contribution in [3.05, 3.63) is 70.4 Å². The van der Waals surface area contributed by atoms with Gasteiger partial charge in [0.05, 0.1) is 29.1 Å². The van der Waals surface area contributed by atoms with Crippen LogP contribution in [0.1, 0.15) is 5.69 Å². The second kappa shape index (κ2) is 6.51. The minimum absolute atomic E-state index is 0.0280. The van der Waals surface area contributed by atoms with Crippen LogP contribution < -0.4 is 10.5 Å². The van der Waals surface area contributed by atoms with Crippen LogP contribution in [-0.2, 0) is 6.54 Å². The average molecular weight is 324 g/mol. The van der Waals surface area contributed by atoms with Gasteiger partial charge in [-0.15, -0.1) is 0 Å². The van der Waals surface area contributed by atoms with Crippen LogP contribution in [0.3, 0.4) is 0 Å². The van der Waals surface area contributed by atoms with Gasteiger partial charge in [-0.25, -0.2) is 4.68 Å². The molecule has 0 amide bonds.